The fourth-order valence-corrected chi connectivity index (χ4v) is 4.51. The standard InChI is InChI=1S/C24H25N3O/c28-24(25-12-15-27-13-6-1-7-14-27)20-16-22-23(18-9-3-2-8-17(18)20)19-10-4-5-11-21(19)26-22/h2-5,8-11,16,26H,1,6-7,12-15H2,(H,25,28). The average molecular weight is 371 g/mol. The molecule has 142 valence electrons. The minimum absolute atomic E-state index is 0.00812. The first kappa shape index (κ1) is 17.3. The van der Waals surface area contributed by atoms with E-state index >= 15 is 0 Å². The maximum Gasteiger partial charge on any atom is 0.252 e. The third-order valence-electron chi connectivity index (χ3n) is 5.92. The Morgan fingerprint density at radius 2 is 1.61 bits per heavy atom. The molecular weight excluding hydrogens is 346 g/mol. The van der Waals surface area contributed by atoms with Crippen LogP contribution >= 0.6 is 0 Å². The number of likely N-dealkylation sites (tertiary alicyclic amines) is 1. The molecule has 0 saturated carbocycles. The monoisotopic (exact) mass is 371 g/mol. The molecule has 0 radical (unpaired) electrons. The van der Waals surface area contributed by atoms with Crippen molar-refractivity contribution < 1.29 is 4.79 Å². The van der Waals surface area contributed by atoms with Gasteiger partial charge in [-0.2, -0.15) is 0 Å². The largest absolute Gasteiger partial charge is 0.354 e. The van der Waals surface area contributed by atoms with E-state index in [9.17, 15) is 4.79 Å². The molecule has 0 aliphatic carbocycles. The van der Waals surface area contributed by atoms with E-state index in [4.69, 9.17) is 0 Å². The number of benzene rings is 3. The van der Waals surface area contributed by atoms with Gasteiger partial charge in [0.25, 0.3) is 5.91 Å². The average Bonchev–Trinajstić information content (AvgIpc) is 3.12. The molecule has 1 aliphatic rings. The number of para-hydroxylation sites is 1. The van der Waals surface area contributed by atoms with Gasteiger partial charge in [0.2, 0.25) is 0 Å². The number of carbonyl (C=O) groups is 1. The van der Waals surface area contributed by atoms with Crippen LogP contribution in [0, 0.1) is 0 Å². The van der Waals surface area contributed by atoms with E-state index in [2.05, 4.69) is 45.5 Å². The van der Waals surface area contributed by atoms with Gasteiger partial charge < -0.3 is 15.2 Å². The third-order valence-corrected chi connectivity index (χ3v) is 5.92. The van der Waals surface area contributed by atoms with Crippen LogP contribution in [-0.2, 0) is 0 Å². The van der Waals surface area contributed by atoms with Crippen molar-refractivity contribution in [2.75, 3.05) is 26.2 Å². The number of hydrogen-bond acceptors (Lipinski definition) is 2. The second kappa shape index (κ2) is 7.28. The molecule has 4 nitrogen and oxygen atoms in total. The Kier molecular flexibility index (Phi) is 4.49. The quantitative estimate of drug-likeness (QED) is 0.547. The van der Waals surface area contributed by atoms with Gasteiger partial charge in [-0.3, -0.25) is 4.79 Å². The van der Waals surface area contributed by atoms with Crippen LogP contribution < -0.4 is 5.32 Å². The Morgan fingerprint density at radius 3 is 2.43 bits per heavy atom. The third kappa shape index (κ3) is 3.04. The predicted molar refractivity (Wildman–Crippen MR) is 116 cm³/mol. The molecule has 1 aliphatic heterocycles. The number of amides is 1. The van der Waals surface area contributed by atoms with Gasteiger partial charge in [0, 0.05) is 40.5 Å². The van der Waals surface area contributed by atoms with Crippen LogP contribution in [0.4, 0.5) is 0 Å². The van der Waals surface area contributed by atoms with Crippen molar-refractivity contribution in [1.82, 2.24) is 15.2 Å². The molecular formula is C24H25N3O. The molecule has 2 heterocycles. The number of H-pyrrole nitrogens is 1. The van der Waals surface area contributed by atoms with E-state index in [-0.39, 0.29) is 5.91 Å². The molecule has 0 spiro atoms. The lowest BCUT2D eigenvalue weighted by molar-refractivity contribution is 0.0948. The normalized spacial score (nSPS) is 15.4. The summed E-state index contributed by atoms with van der Waals surface area (Å²) >= 11 is 0. The van der Waals surface area contributed by atoms with E-state index in [1.54, 1.807) is 0 Å². The van der Waals surface area contributed by atoms with Crippen LogP contribution in [0.3, 0.4) is 0 Å². The number of hydrogen-bond donors (Lipinski definition) is 2. The van der Waals surface area contributed by atoms with E-state index in [0.29, 0.717) is 6.54 Å². The Labute approximate surface area is 164 Å². The summed E-state index contributed by atoms with van der Waals surface area (Å²) in [6, 6.07) is 18.5. The number of rotatable bonds is 4. The molecule has 0 unspecified atom stereocenters. The number of fused-ring (bicyclic) bond motifs is 5. The molecule has 5 rings (SSSR count). The van der Waals surface area contributed by atoms with Gasteiger partial charge in [0.1, 0.15) is 0 Å². The summed E-state index contributed by atoms with van der Waals surface area (Å²) in [5.41, 5.74) is 2.86. The molecule has 3 aromatic carbocycles. The van der Waals surface area contributed by atoms with Gasteiger partial charge in [-0.05, 0) is 48.8 Å². The summed E-state index contributed by atoms with van der Waals surface area (Å²) in [5, 5.41) is 7.67. The molecule has 2 N–H and O–H groups in total. The first-order valence-electron chi connectivity index (χ1n) is 10.2. The highest BCUT2D eigenvalue weighted by Crippen LogP contribution is 2.34. The van der Waals surface area contributed by atoms with Crippen molar-refractivity contribution in [3.05, 3.63) is 60.2 Å². The van der Waals surface area contributed by atoms with Crippen molar-refractivity contribution in [3.63, 3.8) is 0 Å². The highest BCUT2D eigenvalue weighted by atomic mass is 16.1. The fraction of sp³-hybridized carbons (Fsp3) is 0.292. The molecule has 1 aromatic heterocycles. The van der Waals surface area contributed by atoms with E-state index < -0.39 is 0 Å². The zero-order valence-corrected chi connectivity index (χ0v) is 16.0. The maximum atomic E-state index is 13.0. The summed E-state index contributed by atoms with van der Waals surface area (Å²) in [5.74, 6) is 0.00812. The van der Waals surface area contributed by atoms with Gasteiger partial charge >= 0.3 is 0 Å². The minimum Gasteiger partial charge on any atom is -0.354 e. The topological polar surface area (TPSA) is 48.1 Å². The smallest absolute Gasteiger partial charge is 0.252 e. The Morgan fingerprint density at radius 1 is 0.893 bits per heavy atom. The SMILES string of the molecule is O=C(NCCN1CCCCC1)c1cc2[nH]c3ccccc3c2c2ccccc12. The van der Waals surface area contributed by atoms with Gasteiger partial charge in [-0.1, -0.05) is 48.9 Å². The van der Waals surface area contributed by atoms with Crippen molar-refractivity contribution >= 4 is 38.5 Å². The number of nitrogens with one attached hydrogen (secondary N) is 2. The summed E-state index contributed by atoms with van der Waals surface area (Å²) in [4.78, 5) is 18.9. The molecule has 0 atom stereocenters. The first-order chi connectivity index (χ1) is 13.8. The molecule has 1 amide bonds. The maximum absolute atomic E-state index is 13.0. The minimum atomic E-state index is 0.00812. The highest BCUT2D eigenvalue weighted by molar-refractivity contribution is 6.24. The second-order valence-electron chi connectivity index (χ2n) is 7.72. The Balaban J connectivity index is 1.49. The molecule has 4 aromatic rings. The number of piperidine rings is 1. The first-order valence-corrected chi connectivity index (χ1v) is 10.2. The van der Waals surface area contributed by atoms with Crippen molar-refractivity contribution in [2.45, 2.75) is 19.3 Å². The van der Waals surface area contributed by atoms with E-state index in [0.717, 1.165) is 47.0 Å². The second-order valence-corrected chi connectivity index (χ2v) is 7.72. The van der Waals surface area contributed by atoms with Crippen molar-refractivity contribution in [1.29, 1.82) is 0 Å². The van der Waals surface area contributed by atoms with Gasteiger partial charge in [-0.15, -0.1) is 0 Å². The van der Waals surface area contributed by atoms with E-state index in [1.165, 1.54) is 30.0 Å². The van der Waals surface area contributed by atoms with E-state index in [1.807, 2.05) is 24.3 Å². The van der Waals surface area contributed by atoms with Crippen LogP contribution in [0.5, 0.6) is 0 Å². The van der Waals surface area contributed by atoms with Crippen LogP contribution in [-0.4, -0.2) is 42.0 Å². The molecule has 28 heavy (non-hydrogen) atoms. The molecule has 0 bridgehead atoms. The molecule has 1 saturated heterocycles. The summed E-state index contributed by atoms with van der Waals surface area (Å²) in [6.07, 6.45) is 3.88. The Bertz CT molecular complexity index is 1150. The lowest BCUT2D eigenvalue weighted by Gasteiger charge is -2.26. The van der Waals surface area contributed by atoms with Crippen LogP contribution in [0.15, 0.2) is 54.6 Å². The number of nitrogens with zero attached hydrogens (tertiary/aromatic N) is 1. The lowest BCUT2D eigenvalue weighted by Crippen LogP contribution is -2.37. The number of aromatic amines is 1. The van der Waals surface area contributed by atoms with Gasteiger partial charge in [0.05, 0.1) is 0 Å². The lowest BCUT2D eigenvalue weighted by atomic mass is 9.98. The van der Waals surface area contributed by atoms with Crippen LogP contribution in [0.2, 0.25) is 0 Å². The van der Waals surface area contributed by atoms with Crippen LogP contribution in [0.25, 0.3) is 32.6 Å². The predicted octanol–water partition coefficient (Wildman–Crippen LogP) is 4.69. The number of aromatic nitrogens is 1. The van der Waals surface area contributed by atoms with Crippen LogP contribution in [0.1, 0.15) is 29.6 Å². The van der Waals surface area contributed by atoms with Gasteiger partial charge in [-0.25, -0.2) is 0 Å². The molecule has 4 heteroatoms. The summed E-state index contributed by atoms with van der Waals surface area (Å²) < 4.78 is 0. The Hall–Kier alpha value is -2.85. The highest BCUT2D eigenvalue weighted by Gasteiger charge is 2.16. The fourth-order valence-electron chi connectivity index (χ4n) is 4.51. The summed E-state index contributed by atoms with van der Waals surface area (Å²) in [6.45, 7) is 3.93. The molecule has 1 fully saturated rings. The van der Waals surface area contributed by atoms with Crippen molar-refractivity contribution in [3.8, 4) is 0 Å². The summed E-state index contributed by atoms with van der Waals surface area (Å²) in [7, 11) is 0. The van der Waals surface area contributed by atoms with Crippen molar-refractivity contribution in [2.24, 2.45) is 0 Å². The zero-order chi connectivity index (χ0) is 18.9. The number of carbonyl (C=O) groups excluding carboxylic acids is 1. The zero-order valence-electron chi connectivity index (χ0n) is 16.0. The van der Waals surface area contributed by atoms with Gasteiger partial charge in [0.15, 0.2) is 0 Å².